The fourth-order valence-electron chi connectivity index (χ4n) is 3.75. The predicted octanol–water partition coefficient (Wildman–Crippen LogP) is 1.71. The Hall–Kier alpha value is -1.92. The third-order valence-corrected chi connectivity index (χ3v) is 8.45. The zero-order valence-corrected chi connectivity index (χ0v) is 24.1. The van der Waals surface area contributed by atoms with Crippen molar-refractivity contribution < 1.29 is 29.6 Å². The number of aromatic nitrogens is 2. The number of hydrogen-bond acceptors (Lipinski definition) is 9. The van der Waals surface area contributed by atoms with E-state index in [9.17, 15) is 19.3 Å². The van der Waals surface area contributed by atoms with Gasteiger partial charge in [-0.3, -0.25) is 19.1 Å². The van der Waals surface area contributed by atoms with E-state index in [2.05, 4.69) is 29.9 Å². The Morgan fingerprint density at radius 1 is 1.26 bits per heavy atom. The smallest absolute Gasteiger partial charge is 0.330 e. The van der Waals surface area contributed by atoms with E-state index in [0.717, 1.165) is 25.7 Å². The van der Waals surface area contributed by atoms with Crippen molar-refractivity contribution in [1.29, 1.82) is 0 Å². The van der Waals surface area contributed by atoms with E-state index in [4.69, 9.17) is 19.9 Å². The Morgan fingerprint density at radius 3 is 2.55 bits per heavy atom. The van der Waals surface area contributed by atoms with Crippen LogP contribution in [0.4, 0.5) is 0 Å². The lowest BCUT2D eigenvalue weighted by Crippen LogP contribution is -2.34. The highest BCUT2D eigenvalue weighted by atomic mass is 31.2. The van der Waals surface area contributed by atoms with E-state index in [-0.39, 0.29) is 24.5 Å². The van der Waals surface area contributed by atoms with Crippen LogP contribution in [0.2, 0.25) is 1.41 Å². The molecule has 1 fully saturated rings. The van der Waals surface area contributed by atoms with E-state index >= 15 is 0 Å². The van der Waals surface area contributed by atoms with Crippen LogP contribution in [-0.2, 0) is 23.3 Å². The molecule has 1 aromatic heterocycles. The highest BCUT2D eigenvalue weighted by Crippen LogP contribution is 2.61. The lowest BCUT2D eigenvalue weighted by atomic mass is 10.2. The third-order valence-electron chi connectivity index (χ3n) is 6.07. The molecular formula is C25H45N4O8P. The van der Waals surface area contributed by atoms with E-state index in [1.807, 2.05) is 0 Å². The largest absolute Gasteiger partial charge is 0.631 e. The minimum atomic E-state index is -3.53. The van der Waals surface area contributed by atoms with Crippen LogP contribution in [0.3, 0.4) is 0 Å². The number of nitrogens with zero attached hydrogens (tertiary/aromatic N) is 1. The van der Waals surface area contributed by atoms with E-state index in [1.165, 1.54) is 57.1 Å². The molecule has 0 saturated carbocycles. The summed E-state index contributed by atoms with van der Waals surface area (Å²) in [6, 6.07) is 0. The molecule has 0 radical (unpaired) electrons. The van der Waals surface area contributed by atoms with Crippen molar-refractivity contribution in [2.75, 3.05) is 41.0 Å². The van der Waals surface area contributed by atoms with Gasteiger partial charge in [-0.1, -0.05) is 39.5 Å². The van der Waals surface area contributed by atoms with E-state index < -0.39 is 37.2 Å². The van der Waals surface area contributed by atoms with Crippen molar-refractivity contribution in [2.24, 2.45) is 5.73 Å². The standard InChI is InChI=1S/C21H35N4O8P.C4H10/c1-30-14-16-17(34(29,31-2)32-3)12-19(33-16)25-13-15(20(27)24-21(25)28)8-9-18(26)23-11-7-5-4-6-10-22;1-3-4-2/h8-9,13,16-17,19H,4-7,10-12,14,22H2,1-3H3,(H,23,26)(H,24,27,28);3-4H2,1-2H3/b9-8+;/i/hT. The molecule has 2 heterocycles. The summed E-state index contributed by atoms with van der Waals surface area (Å²) in [5.74, 6) is -0.367. The number of hydrogen-bond donors (Lipinski definition) is 3. The van der Waals surface area contributed by atoms with Crippen molar-refractivity contribution in [3.8, 4) is 0 Å². The van der Waals surface area contributed by atoms with Gasteiger partial charge in [0.1, 0.15) is 13.7 Å². The number of carbonyl (C=O) groups excluding carboxylic acids is 1. The molecule has 1 saturated heterocycles. The minimum Gasteiger partial charge on any atom is -0.631 e. The first-order valence-corrected chi connectivity index (χ1v) is 14.6. The number of H-pyrrole nitrogens is 1. The lowest BCUT2D eigenvalue weighted by Gasteiger charge is -2.31. The lowest BCUT2D eigenvalue weighted by molar-refractivity contribution is -0.218. The molecule has 1 aliphatic rings. The fourth-order valence-corrected chi connectivity index (χ4v) is 5.44. The third kappa shape index (κ3) is 10.7. The number of methoxy groups -OCH3 is 1. The summed E-state index contributed by atoms with van der Waals surface area (Å²) in [6.45, 7) is 5.60. The minimum absolute atomic E-state index is 0.0830. The van der Waals surface area contributed by atoms with Gasteiger partial charge in [0, 0.05) is 32.3 Å². The van der Waals surface area contributed by atoms with Crippen LogP contribution in [0.5, 0.6) is 0 Å². The molecular weight excluding hydrogens is 515 g/mol. The maximum Gasteiger partial charge on any atom is 0.330 e. The second kappa shape index (κ2) is 18.4. The number of aromatic amines is 1. The summed E-state index contributed by atoms with van der Waals surface area (Å²) in [4.78, 5) is 52.1. The number of unbranched alkanes of at least 4 members (excludes halogenated alkanes) is 4. The molecule has 0 aliphatic carbocycles. The van der Waals surface area contributed by atoms with Gasteiger partial charge in [0.05, 0.1) is 26.4 Å². The molecule has 12 nitrogen and oxygen atoms in total. The summed E-state index contributed by atoms with van der Waals surface area (Å²) in [5, 5.41) is 2.74. The summed E-state index contributed by atoms with van der Waals surface area (Å²) < 4.78 is 29.4. The molecule has 1 amide bonds. The van der Waals surface area contributed by atoms with Gasteiger partial charge < -0.3 is 25.4 Å². The average Bonchev–Trinajstić information content (AvgIpc) is 3.36. The molecule has 38 heavy (non-hydrogen) atoms. The van der Waals surface area contributed by atoms with Crippen LogP contribution >= 0.6 is 7.94 Å². The van der Waals surface area contributed by atoms with Crippen molar-refractivity contribution in [3.05, 3.63) is 38.7 Å². The second-order valence-corrected chi connectivity index (χ2v) is 11.3. The monoisotopic (exact) mass is 562 g/mol. The normalized spacial score (nSPS) is 19.7. The van der Waals surface area contributed by atoms with Gasteiger partial charge in [-0.05, 0) is 25.5 Å². The summed E-state index contributed by atoms with van der Waals surface area (Å²) in [5.41, 5.74) is 0.385. The number of carbonyl (C=O) groups is 1. The molecule has 2 rings (SSSR count). The number of nitrogens with two attached hydrogens (primary N) is 1. The van der Waals surface area contributed by atoms with Gasteiger partial charge in [0.2, 0.25) is 13.9 Å². The quantitative estimate of drug-likeness (QED) is 0.154. The summed E-state index contributed by atoms with van der Waals surface area (Å²) in [7, 11) is 0.493. The van der Waals surface area contributed by atoms with Gasteiger partial charge in [-0.15, -0.1) is 0 Å². The average molecular weight is 563 g/mol. The Bertz CT molecular complexity index is 984. The molecule has 1 aliphatic heterocycles. The molecule has 0 spiro atoms. The van der Waals surface area contributed by atoms with Crippen molar-refractivity contribution >= 4 is 19.9 Å². The Morgan fingerprint density at radius 2 is 1.95 bits per heavy atom. The highest BCUT2D eigenvalue weighted by molar-refractivity contribution is 7.60. The van der Waals surface area contributed by atoms with Crippen LogP contribution < -0.4 is 27.2 Å². The van der Waals surface area contributed by atoms with Gasteiger partial charge in [0.25, 0.3) is 5.56 Å². The fraction of sp³-hybridized carbons (Fsp3) is 0.720. The van der Waals surface area contributed by atoms with Crippen molar-refractivity contribution in [3.63, 3.8) is 0 Å². The van der Waals surface area contributed by atoms with Gasteiger partial charge in [0.15, 0.2) is 5.66 Å². The SMILES string of the molecule is CCCC.[3H]NCCCCCCNC(=O)/C=C/c1cn(C2CC([P+]([O-])(OC)OC)C(COC)O2)c(=O)[nH]c1=O. The Kier molecular flexibility index (Phi) is 15.6. The zero-order chi connectivity index (χ0) is 29.3. The maximum absolute atomic E-state index is 13.0. The van der Waals surface area contributed by atoms with Gasteiger partial charge in [-0.2, -0.15) is 0 Å². The first-order chi connectivity index (χ1) is 18.7. The summed E-state index contributed by atoms with van der Waals surface area (Å²) in [6.07, 6.45) is 8.69. The van der Waals surface area contributed by atoms with Crippen LogP contribution in [0, 0.1) is 0 Å². The molecule has 3 unspecified atom stereocenters. The topological polar surface area (TPSA) is 170 Å². The zero-order valence-electron chi connectivity index (χ0n) is 24.2. The molecule has 0 aromatic carbocycles. The highest BCUT2D eigenvalue weighted by Gasteiger charge is 2.52. The van der Waals surface area contributed by atoms with Gasteiger partial charge >= 0.3 is 5.69 Å². The Balaban J connectivity index is 0.00000177. The maximum atomic E-state index is 13.0. The van der Waals surface area contributed by atoms with Crippen LogP contribution in [0.1, 0.15) is 70.6 Å². The summed E-state index contributed by atoms with van der Waals surface area (Å²) >= 11 is 0. The number of rotatable bonds is 16. The molecule has 218 valence electrons. The Labute approximate surface area is 226 Å². The van der Waals surface area contributed by atoms with Crippen molar-refractivity contribution in [2.45, 2.75) is 76.8 Å². The molecule has 13 heteroatoms. The first kappa shape index (κ1) is 32.3. The van der Waals surface area contributed by atoms with Crippen molar-refractivity contribution in [1.82, 2.24) is 14.9 Å². The molecule has 4 N–H and O–H groups in total. The molecule has 0 bridgehead atoms. The van der Waals surface area contributed by atoms with E-state index in [1.54, 1.807) is 0 Å². The van der Waals surface area contributed by atoms with Crippen LogP contribution in [0.25, 0.3) is 6.08 Å². The van der Waals surface area contributed by atoms with E-state index in [0.29, 0.717) is 13.1 Å². The number of nitrogens with one attached hydrogen (secondary N) is 2. The number of amides is 1. The predicted molar refractivity (Wildman–Crippen MR) is 147 cm³/mol. The van der Waals surface area contributed by atoms with Gasteiger partial charge in [-0.25, -0.2) is 13.8 Å². The first-order valence-electron chi connectivity index (χ1n) is 13.5. The van der Waals surface area contributed by atoms with Crippen LogP contribution in [0.15, 0.2) is 21.9 Å². The molecule has 1 aromatic rings. The molecule has 3 atom stereocenters. The van der Waals surface area contributed by atoms with Crippen LogP contribution in [-0.4, -0.2) is 68.2 Å². The number of ether oxygens (including phenoxy) is 2. The second-order valence-electron chi connectivity index (χ2n) is 8.83.